The molecule has 0 saturated carbocycles. The Kier molecular flexibility index (Phi) is 6.49. The summed E-state index contributed by atoms with van der Waals surface area (Å²) in [5, 5.41) is 4.21. The second-order valence-electron chi connectivity index (χ2n) is 7.24. The summed E-state index contributed by atoms with van der Waals surface area (Å²) in [4.78, 5) is 19.8. The monoisotopic (exact) mass is 437 g/mol. The van der Waals surface area contributed by atoms with Crippen LogP contribution in [0, 0.1) is 17.6 Å². The Labute approximate surface area is 174 Å². The highest BCUT2D eigenvalue weighted by molar-refractivity contribution is 5.57. The van der Waals surface area contributed by atoms with E-state index in [0.717, 1.165) is 36.8 Å². The lowest BCUT2D eigenvalue weighted by atomic mass is 10.1. The molecule has 5 nitrogen and oxygen atoms in total. The standard InChI is InChI=1S/C21H18F5N4O/c1-12(2)8-27-9-14-3-5-15(22)20(19(14)23)30-11-29-16(7-18(30)31)13-4-6-17(28-10-13)21(24,25)26/h3-7,10-12H,8-9H2,1-2H3/q-1. The minimum absolute atomic E-state index is 0.0198. The Hall–Kier alpha value is -3.14. The van der Waals surface area contributed by atoms with Crippen molar-refractivity contribution in [3.05, 3.63) is 81.4 Å². The first-order chi connectivity index (χ1) is 14.6. The van der Waals surface area contributed by atoms with Crippen molar-refractivity contribution in [2.24, 2.45) is 5.92 Å². The maximum absolute atomic E-state index is 14.9. The first-order valence-electron chi connectivity index (χ1n) is 9.30. The van der Waals surface area contributed by atoms with Crippen molar-refractivity contribution < 1.29 is 22.0 Å². The first kappa shape index (κ1) is 22.5. The van der Waals surface area contributed by atoms with Gasteiger partial charge in [0.1, 0.15) is 23.5 Å². The largest absolute Gasteiger partial charge is 0.658 e. The van der Waals surface area contributed by atoms with Gasteiger partial charge in [-0.3, -0.25) is 14.3 Å². The number of benzene rings is 1. The van der Waals surface area contributed by atoms with Crippen LogP contribution >= 0.6 is 0 Å². The van der Waals surface area contributed by atoms with Gasteiger partial charge in [-0.25, -0.2) is 13.8 Å². The van der Waals surface area contributed by atoms with E-state index < -0.39 is 34.8 Å². The molecule has 0 aliphatic rings. The Morgan fingerprint density at radius 1 is 1.10 bits per heavy atom. The van der Waals surface area contributed by atoms with Gasteiger partial charge >= 0.3 is 6.18 Å². The SMILES string of the molecule is CC(C)C[N-]Cc1ccc(F)c(-n2cnc(-c3ccc(C(F)(F)F)nc3)cc2=O)c1F. The summed E-state index contributed by atoms with van der Waals surface area (Å²) in [5.74, 6) is -1.61. The lowest BCUT2D eigenvalue weighted by Gasteiger charge is -2.22. The molecular weight excluding hydrogens is 419 g/mol. The van der Waals surface area contributed by atoms with E-state index in [1.807, 2.05) is 13.8 Å². The van der Waals surface area contributed by atoms with E-state index >= 15 is 0 Å². The number of pyridine rings is 1. The van der Waals surface area contributed by atoms with E-state index in [4.69, 9.17) is 0 Å². The van der Waals surface area contributed by atoms with Gasteiger partial charge in [-0.2, -0.15) is 13.2 Å². The molecule has 2 aromatic heterocycles. The molecule has 0 atom stereocenters. The molecular formula is C21H18F5N4O-. The topological polar surface area (TPSA) is 61.9 Å². The summed E-state index contributed by atoms with van der Waals surface area (Å²) in [5.41, 5.74) is -2.19. The lowest BCUT2D eigenvalue weighted by Crippen LogP contribution is -2.21. The molecule has 3 rings (SSSR count). The lowest BCUT2D eigenvalue weighted by molar-refractivity contribution is -0.141. The Morgan fingerprint density at radius 2 is 1.84 bits per heavy atom. The van der Waals surface area contributed by atoms with E-state index in [2.05, 4.69) is 15.3 Å². The highest BCUT2D eigenvalue weighted by atomic mass is 19.4. The maximum Gasteiger partial charge on any atom is 0.433 e. The van der Waals surface area contributed by atoms with Crippen LogP contribution < -0.4 is 5.56 Å². The molecule has 0 spiro atoms. The van der Waals surface area contributed by atoms with Crippen LogP contribution in [0.1, 0.15) is 25.1 Å². The summed E-state index contributed by atoms with van der Waals surface area (Å²) in [6, 6.07) is 5.14. The molecule has 164 valence electrons. The molecule has 0 saturated heterocycles. The van der Waals surface area contributed by atoms with Crippen molar-refractivity contribution in [2.45, 2.75) is 26.6 Å². The highest BCUT2D eigenvalue weighted by Crippen LogP contribution is 2.28. The summed E-state index contributed by atoms with van der Waals surface area (Å²) in [7, 11) is 0. The third-order valence-corrected chi connectivity index (χ3v) is 4.32. The van der Waals surface area contributed by atoms with E-state index in [1.54, 1.807) is 0 Å². The van der Waals surface area contributed by atoms with Gasteiger partial charge in [0.25, 0.3) is 5.56 Å². The van der Waals surface area contributed by atoms with Crippen LogP contribution in [-0.2, 0) is 12.7 Å². The van der Waals surface area contributed by atoms with Crippen molar-refractivity contribution in [3.63, 3.8) is 0 Å². The van der Waals surface area contributed by atoms with Gasteiger partial charge in [0.05, 0.1) is 5.69 Å². The molecule has 0 aliphatic carbocycles. The van der Waals surface area contributed by atoms with Crippen LogP contribution in [0.3, 0.4) is 0 Å². The smallest absolute Gasteiger partial charge is 0.433 e. The van der Waals surface area contributed by atoms with Crippen LogP contribution in [0.25, 0.3) is 22.3 Å². The van der Waals surface area contributed by atoms with E-state index in [1.165, 1.54) is 6.07 Å². The molecule has 0 aliphatic heterocycles. The van der Waals surface area contributed by atoms with Crippen LogP contribution in [0.5, 0.6) is 0 Å². The van der Waals surface area contributed by atoms with Gasteiger partial charge in [-0.05, 0) is 23.8 Å². The van der Waals surface area contributed by atoms with Gasteiger partial charge in [0, 0.05) is 17.8 Å². The molecule has 0 unspecified atom stereocenters. The fraction of sp³-hybridized carbons (Fsp3) is 0.286. The minimum Gasteiger partial charge on any atom is -0.658 e. The second-order valence-corrected chi connectivity index (χ2v) is 7.24. The second kappa shape index (κ2) is 8.93. The fourth-order valence-corrected chi connectivity index (χ4v) is 2.81. The normalized spacial score (nSPS) is 11.9. The number of hydrogen-bond acceptors (Lipinski definition) is 3. The molecule has 0 fully saturated rings. The highest BCUT2D eigenvalue weighted by Gasteiger charge is 2.32. The third-order valence-electron chi connectivity index (χ3n) is 4.32. The zero-order valence-corrected chi connectivity index (χ0v) is 16.6. The third kappa shape index (κ3) is 5.13. The summed E-state index contributed by atoms with van der Waals surface area (Å²) in [6.07, 6.45) is -2.75. The zero-order valence-electron chi connectivity index (χ0n) is 16.6. The van der Waals surface area contributed by atoms with Crippen molar-refractivity contribution in [1.29, 1.82) is 0 Å². The van der Waals surface area contributed by atoms with Crippen molar-refractivity contribution in [3.8, 4) is 16.9 Å². The molecule has 0 radical (unpaired) electrons. The van der Waals surface area contributed by atoms with Crippen LogP contribution in [0.15, 0.2) is 47.7 Å². The molecule has 3 aromatic rings. The van der Waals surface area contributed by atoms with Crippen LogP contribution in [-0.4, -0.2) is 21.1 Å². The molecule has 0 N–H and O–H groups in total. The van der Waals surface area contributed by atoms with E-state index in [9.17, 15) is 26.7 Å². The molecule has 2 heterocycles. The molecule has 0 bridgehead atoms. The number of alkyl halides is 3. The van der Waals surface area contributed by atoms with Crippen molar-refractivity contribution >= 4 is 0 Å². The summed E-state index contributed by atoms with van der Waals surface area (Å²) in [6.45, 7) is 4.43. The first-order valence-corrected chi connectivity index (χ1v) is 9.30. The zero-order chi connectivity index (χ0) is 22.8. The quantitative estimate of drug-likeness (QED) is 0.503. The molecule has 1 aromatic carbocycles. The molecule has 0 amide bonds. The summed E-state index contributed by atoms with van der Waals surface area (Å²) < 4.78 is 67.9. The number of hydrogen-bond donors (Lipinski definition) is 0. The number of nitrogens with zero attached hydrogens (tertiary/aromatic N) is 4. The van der Waals surface area contributed by atoms with Gasteiger partial charge in [-0.1, -0.05) is 25.8 Å². The van der Waals surface area contributed by atoms with Crippen LogP contribution in [0.4, 0.5) is 22.0 Å². The van der Waals surface area contributed by atoms with Gasteiger partial charge < -0.3 is 5.32 Å². The van der Waals surface area contributed by atoms with E-state index in [-0.39, 0.29) is 29.3 Å². The number of halogens is 5. The predicted octanol–water partition coefficient (Wildman–Crippen LogP) is 5.12. The van der Waals surface area contributed by atoms with Crippen LogP contribution in [0.2, 0.25) is 0 Å². The number of aromatic nitrogens is 3. The van der Waals surface area contributed by atoms with Crippen molar-refractivity contribution in [1.82, 2.24) is 14.5 Å². The Balaban J connectivity index is 1.94. The molecule has 31 heavy (non-hydrogen) atoms. The maximum atomic E-state index is 14.9. The average molecular weight is 437 g/mol. The molecule has 10 heteroatoms. The Bertz CT molecular complexity index is 1120. The predicted molar refractivity (Wildman–Crippen MR) is 105 cm³/mol. The van der Waals surface area contributed by atoms with E-state index in [0.29, 0.717) is 11.1 Å². The summed E-state index contributed by atoms with van der Waals surface area (Å²) >= 11 is 0. The van der Waals surface area contributed by atoms with Gasteiger partial charge in [0.15, 0.2) is 5.82 Å². The fourth-order valence-electron chi connectivity index (χ4n) is 2.81. The minimum atomic E-state index is -4.60. The Morgan fingerprint density at radius 3 is 2.42 bits per heavy atom. The van der Waals surface area contributed by atoms with Gasteiger partial charge in [0.2, 0.25) is 0 Å². The number of rotatable bonds is 6. The van der Waals surface area contributed by atoms with Gasteiger partial charge in [-0.15, -0.1) is 13.1 Å². The average Bonchev–Trinajstić information content (AvgIpc) is 2.70. The van der Waals surface area contributed by atoms with Crippen molar-refractivity contribution in [2.75, 3.05) is 6.54 Å².